The highest BCUT2D eigenvalue weighted by molar-refractivity contribution is 5.96. The molecule has 6 aromatic rings. The third kappa shape index (κ3) is 4.50. The first-order valence-corrected chi connectivity index (χ1v) is 11.7. The number of ether oxygens (including phenoxy) is 1. The molecule has 5 aromatic heterocycles. The van der Waals surface area contributed by atoms with Gasteiger partial charge in [0.2, 0.25) is 0 Å². The van der Waals surface area contributed by atoms with Crippen LogP contribution in [0.15, 0.2) is 67.3 Å². The van der Waals surface area contributed by atoms with Crippen molar-refractivity contribution in [2.24, 2.45) is 0 Å². The Kier molecular flexibility index (Phi) is 5.78. The number of aromatic nitrogens is 7. The molecular formula is C27H23FN8O. The van der Waals surface area contributed by atoms with Gasteiger partial charge in [0.1, 0.15) is 23.9 Å². The van der Waals surface area contributed by atoms with E-state index in [1.54, 1.807) is 24.8 Å². The molecule has 0 aliphatic heterocycles. The van der Waals surface area contributed by atoms with Crippen LogP contribution in [0.3, 0.4) is 0 Å². The number of rotatable bonds is 7. The lowest BCUT2D eigenvalue weighted by Gasteiger charge is -2.12. The Labute approximate surface area is 211 Å². The Balaban J connectivity index is 1.41. The van der Waals surface area contributed by atoms with Gasteiger partial charge < -0.3 is 14.6 Å². The summed E-state index contributed by atoms with van der Waals surface area (Å²) in [6, 6.07) is 12.4. The van der Waals surface area contributed by atoms with Crippen molar-refractivity contribution in [3.05, 3.63) is 73.1 Å². The van der Waals surface area contributed by atoms with E-state index in [4.69, 9.17) is 9.72 Å². The number of halogens is 1. The summed E-state index contributed by atoms with van der Waals surface area (Å²) in [5.41, 5.74) is 5.74. The number of likely N-dealkylation sites (N-methyl/N-ethyl adjacent to an activating group) is 1. The highest BCUT2D eigenvalue weighted by Crippen LogP contribution is 2.33. The van der Waals surface area contributed by atoms with E-state index in [0.29, 0.717) is 46.2 Å². The lowest BCUT2D eigenvalue weighted by molar-refractivity contribution is 0.260. The molecular weight excluding hydrogens is 471 g/mol. The molecule has 0 atom stereocenters. The van der Waals surface area contributed by atoms with Crippen molar-refractivity contribution in [3.8, 4) is 39.5 Å². The Morgan fingerprint density at radius 1 is 0.946 bits per heavy atom. The van der Waals surface area contributed by atoms with E-state index in [0.717, 1.165) is 28.6 Å². The van der Waals surface area contributed by atoms with Gasteiger partial charge >= 0.3 is 0 Å². The normalized spacial score (nSPS) is 11.6. The van der Waals surface area contributed by atoms with Gasteiger partial charge in [-0.25, -0.2) is 19.3 Å². The summed E-state index contributed by atoms with van der Waals surface area (Å²) >= 11 is 0. The highest BCUT2D eigenvalue weighted by Gasteiger charge is 2.17. The minimum Gasteiger partial charge on any atom is -0.492 e. The minimum atomic E-state index is -0.379. The zero-order valence-electron chi connectivity index (χ0n) is 20.2. The first kappa shape index (κ1) is 22.7. The van der Waals surface area contributed by atoms with Gasteiger partial charge in [0, 0.05) is 54.1 Å². The molecule has 10 heteroatoms. The number of hydrogen-bond acceptors (Lipinski definition) is 7. The molecule has 1 aromatic carbocycles. The molecule has 0 bridgehead atoms. The van der Waals surface area contributed by atoms with Crippen LogP contribution in [0.25, 0.3) is 56.0 Å². The maximum absolute atomic E-state index is 14.5. The summed E-state index contributed by atoms with van der Waals surface area (Å²) < 4.78 is 20.3. The number of nitrogens with one attached hydrogen (secondary N) is 2. The first-order valence-electron chi connectivity index (χ1n) is 11.7. The molecule has 9 nitrogen and oxygen atoms in total. The fourth-order valence-corrected chi connectivity index (χ4v) is 4.19. The van der Waals surface area contributed by atoms with E-state index in [-0.39, 0.29) is 5.82 Å². The van der Waals surface area contributed by atoms with E-state index in [9.17, 15) is 4.39 Å². The quantitative estimate of drug-likeness (QED) is 0.331. The second-order valence-corrected chi connectivity index (χ2v) is 8.91. The Hall–Kier alpha value is -4.70. The average molecular weight is 495 g/mol. The van der Waals surface area contributed by atoms with Crippen LogP contribution in [-0.2, 0) is 0 Å². The molecule has 0 radical (unpaired) electrons. The van der Waals surface area contributed by atoms with Crippen LogP contribution in [0.1, 0.15) is 0 Å². The largest absolute Gasteiger partial charge is 0.492 e. The van der Waals surface area contributed by atoms with Crippen LogP contribution in [-0.4, -0.2) is 67.3 Å². The van der Waals surface area contributed by atoms with Crippen LogP contribution in [0.5, 0.6) is 5.75 Å². The van der Waals surface area contributed by atoms with Gasteiger partial charge in [0.05, 0.1) is 10.9 Å². The van der Waals surface area contributed by atoms with Gasteiger partial charge in [0.15, 0.2) is 17.1 Å². The molecule has 0 spiro atoms. The minimum absolute atomic E-state index is 0.379. The lowest BCUT2D eigenvalue weighted by Crippen LogP contribution is -2.19. The zero-order valence-corrected chi connectivity index (χ0v) is 20.2. The van der Waals surface area contributed by atoms with Crippen molar-refractivity contribution in [2.75, 3.05) is 27.2 Å². The highest BCUT2D eigenvalue weighted by atomic mass is 19.1. The van der Waals surface area contributed by atoms with Crippen molar-refractivity contribution in [1.29, 1.82) is 0 Å². The summed E-state index contributed by atoms with van der Waals surface area (Å²) in [4.78, 5) is 23.2. The van der Waals surface area contributed by atoms with E-state index in [1.165, 1.54) is 12.1 Å². The van der Waals surface area contributed by atoms with Gasteiger partial charge in [-0.05, 0) is 50.0 Å². The lowest BCUT2D eigenvalue weighted by atomic mass is 10.1. The SMILES string of the molecule is CN(C)CCOc1cc(F)cc(-c2ccnc3nc(-c4[nH]nc5ncc(-c6cccnc6)cc45)[nH]c23)c1. The predicted molar refractivity (Wildman–Crippen MR) is 139 cm³/mol. The van der Waals surface area contributed by atoms with E-state index >= 15 is 0 Å². The molecule has 37 heavy (non-hydrogen) atoms. The van der Waals surface area contributed by atoms with Gasteiger partial charge in [-0.1, -0.05) is 6.07 Å². The number of nitrogens with zero attached hydrogens (tertiary/aromatic N) is 6. The number of imidazole rings is 1. The first-order chi connectivity index (χ1) is 18.0. The van der Waals surface area contributed by atoms with Crippen LogP contribution in [0, 0.1) is 5.82 Å². The van der Waals surface area contributed by atoms with Gasteiger partial charge in [0.25, 0.3) is 0 Å². The summed E-state index contributed by atoms with van der Waals surface area (Å²) in [6.45, 7) is 1.18. The standard InChI is InChI=1S/C27H23FN8O/c1-36(2)8-9-37-20-11-17(10-19(28)13-20)21-5-7-30-26-23(21)32-27(33-26)24-22-12-18(15-31-25(22)35-34-24)16-4-3-6-29-14-16/h3-7,10-15H,8-9H2,1-2H3,(H,30,32,33)(H,31,34,35). The maximum Gasteiger partial charge on any atom is 0.181 e. The summed E-state index contributed by atoms with van der Waals surface area (Å²) in [5, 5.41) is 8.20. The number of aromatic amines is 2. The topological polar surface area (TPSA) is 108 Å². The smallest absolute Gasteiger partial charge is 0.181 e. The van der Waals surface area contributed by atoms with Crippen molar-refractivity contribution >= 4 is 22.2 Å². The van der Waals surface area contributed by atoms with Crippen molar-refractivity contribution < 1.29 is 9.13 Å². The average Bonchev–Trinajstić information content (AvgIpc) is 3.52. The van der Waals surface area contributed by atoms with Gasteiger partial charge in [-0.3, -0.25) is 10.1 Å². The fraction of sp³-hybridized carbons (Fsp3) is 0.148. The van der Waals surface area contributed by atoms with Crippen molar-refractivity contribution in [1.82, 2.24) is 40.0 Å². The van der Waals surface area contributed by atoms with Crippen LogP contribution in [0.2, 0.25) is 0 Å². The second kappa shape index (κ2) is 9.40. The molecule has 184 valence electrons. The molecule has 0 saturated carbocycles. The summed E-state index contributed by atoms with van der Waals surface area (Å²) in [6.07, 6.45) is 6.95. The third-order valence-electron chi connectivity index (χ3n) is 6.02. The monoisotopic (exact) mass is 494 g/mol. The molecule has 0 aliphatic carbocycles. The molecule has 6 rings (SSSR count). The number of hydrogen-bond donors (Lipinski definition) is 2. The Bertz CT molecular complexity index is 1710. The molecule has 0 fully saturated rings. The van der Waals surface area contributed by atoms with Crippen LogP contribution < -0.4 is 4.74 Å². The van der Waals surface area contributed by atoms with Crippen LogP contribution in [0.4, 0.5) is 4.39 Å². The van der Waals surface area contributed by atoms with E-state index in [1.807, 2.05) is 49.3 Å². The molecule has 0 aliphatic rings. The number of H-pyrrole nitrogens is 2. The third-order valence-corrected chi connectivity index (χ3v) is 6.02. The van der Waals surface area contributed by atoms with E-state index in [2.05, 4.69) is 30.1 Å². The molecule has 0 unspecified atom stereocenters. The Morgan fingerprint density at radius 3 is 2.70 bits per heavy atom. The molecule has 5 heterocycles. The van der Waals surface area contributed by atoms with Gasteiger partial charge in [-0.2, -0.15) is 5.10 Å². The second-order valence-electron chi connectivity index (χ2n) is 8.91. The van der Waals surface area contributed by atoms with E-state index < -0.39 is 0 Å². The molecule has 2 N–H and O–H groups in total. The molecule has 0 amide bonds. The summed E-state index contributed by atoms with van der Waals surface area (Å²) in [5.74, 6) is 0.646. The summed E-state index contributed by atoms with van der Waals surface area (Å²) in [7, 11) is 3.92. The van der Waals surface area contributed by atoms with Crippen molar-refractivity contribution in [3.63, 3.8) is 0 Å². The van der Waals surface area contributed by atoms with Crippen LogP contribution >= 0.6 is 0 Å². The number of benzene rings is 1. The Morgan fingerprint density at radius 2 is 1.86 bits per heavy atom. The fourth-order valence-electron chi connectivity index (χ4n) is 4.19. The van der Waals surface area contributed by atoms with Crippen molar-refractivity contribution in [2.45, 2.75) is 0 Å². The number of pyridine rings is 3. The zero-order chi connectivity index (χ0) is 25.4. The van der Waals surface area contributed by atoms with Gasteiger partial charge in [-0.15, -0.1) is 0 Å². The molecule has 0 saturated heterocycles. The predicted octanol–water partition coefficient (Wildman–Crippen LogP) is 4.70. The maximum atomic E-state index is 14.5. The number of fused-ring (bicyclic) bond motifs is 2.